The largest absolute Gasteiger partial charge is 0.329 e. The zero-order valence-electron chi connectivity index (χ0n) is 16.9. The van der Waals surface area contributed by atoms with Gasteiger partial charge in [0.25, 0.3) is 11.5 Å². The number of aromatic amines is 1. The van der Waals surface area contributed by atoms with Gasteiger partial charge in [-0.25, -0.2) is 26.9 Å². The van der Waals surface area contributed by atoms with Gasteiger partial charge in [0.15, 0.2) is 0 Å². The van der Waals surface area contributed by atoms with E-state index in [1.54, 1.807) is 0 Å². The highest BCUT2D eigenvalue weighted by molar-refractivity contribution is 7.89. The number of benzene rings is 1. The number of pyridine rings is 2. The molecule has 1 amide bonds. The summed E-state index contributed by atoms with van der Waals surface area (Å²) in [5.74, 6) is -2.54. The first-order valence-electron chi connectivity index (χ1n) is 9.37. The Bertz CT molecular complexity index is 1580. The predicted molar refractivity (Wildman–Crippen MR) is 119 cm³/mol. The van der Waals surface area contributed by atoms with E-state index < -0.39 is 33.1 Å². The van der Waals surface area contributed by atoms with E-state index in [0.717, 1.165) is 24.5 Å². The Hall–Kier alpha value is -3.57. The van der Waals surface area contributed by atoms with Crippen LogP contribution in [0, 0.1) is 11.6 Å². The van der Waals surface area contributed by atoms with Crippen molar-refractivity contribution < 1.29 is 22.0 Å². The van der Waals surface area contributed by atoms with Gasteiger partial charge in [-0.3, -0.25) is 9.59 Å². The maximum atomic E-state index is 14.4. The van der Waals surface area contributed by atoms with E-state index in [0.29, 0.717) is 0 Å². The zero-order valence-corrected chi connectivity index (χ0v) is 18.5. The number of nitrogens with one attached hydrogen (secondary N) is 2. The van der Waals surface area contributed by atoms with Crippen LogP contribution in [-0.4, -0.2) is 35.1 Å². The number of hydrogen-bond donors (Lipinski definition) is 2. The average Bonchev–Trinajstić information content (AvgIpc) is 3.03. The minimum absolute atomic E-state index is 0.0312. The molecule has 170 valence electrons. The van der Waals surface area contributed by atoms with E-state index in [1.165, 1.54) is 35.2 Å². The maximum absolute atomic E-state index is 14.4. The lowest BCUT2D eigenvalue weighted by Gasteiger charge is -2.12. The van der Waals surface area contributed by atoms with Gasteiger partial charge < -0.3 is 9.55 Å². The second-order valence-corrected chi connectivity index (χ2v) is 9.37. The molecule has 4 rings (SSSR count). The highest BCUT2D eigenvalue weighted by atomic mass is 35.5. The molecule has 2 N–H and O–H groups in total. The van der Waals surface area contributed by atoms with E-state index in [1.807, 2.05) is 4.72 Å². The van der Waals surface area contributed by atoms with Crippen molar-refractivity contribution in [2.24, 2.45) is 0 Å². The Morgan fingerprint density at radius 2 is 2.00 bits per heavy atom. The van der Waals surface area contributed by atoms with Gasteiger partial charge in [0.05, 0.1) is 17.8 Å². The molecule has 0 aliphatic rings. The molecule has 0 aliphatic carbocycles. The summed E-state index contributed by atoms with van der Waals surface area (Å²) in [4.78, 5) is 32.4. The Morgan fingerprint density at radius 1 is 1.24 bits per heavy atom. The van der Waals surface area contributed by atoms with Gasteiger partial charge in [0.2, 0.25) is 10.0 Å². The highest BCUT2D eigenvalue weighted by Gasteiger charge is 2.28. The normalized spacial score (nSPS) is 11.6. The number of aromatic nitrogens is 3. The van der Waals surface area contributed by atoms with Crippen molar-refractivity contribution in [1.82, 2.24) is 19.3 Å². The molecule has 4 aromatic rings. The molecular formula is C21H15ClF2N4O4S. The number of rotatable bonds is 5. The summed E-state index contributed by atoms with van der Waals surface area (Å²) in [5.41, 5.74) is -0.790. The molecule has 0 spiro atoms. The third-order valence-electron chi connectivity index (χ3n) is 4.78. The van der Waals surface area contributed by atoms with Crippen molar-refractivity contribution in [2.45, 2.75) is 6.54 Å². The third kappa shape index (κ3) is 4.50. The summed E-state index contributed by atoms with van der Waals surface area (Å²) in [6, 6.07) is 7.21. The molecule has 0 saturated carbocycles. The third-order valence-corrected chi connectivity index (χ3v) is 5.54. The van der Waals surface area contributed by atoms with Crippen molar-refractivity contribution in [3.05, 3.63) is 87.1 Å². The summed E-state index contributed by atoms with van der Waals surface area (Å²) in [7, 11) is -4.01. The molecule has 0 unspecified atom stereocenters. The van der Waals surface area contributed by atoms with Gasteiger partial charge in [0, 0.05) is 34.5 Å². The first kappa shape index (κ1) is 22.6. The van der Waals surface area contributed by atoms with Crippen molar-refractivity contribution in [1.29, 1.82) is 0 Å². The Balaban J connectivity index is 2.10. The number of hydrogen-bond acceptors (Lipinski definition) is 5. The lowest BCUT2D eigenvalue weighted by molar-refractivity contribution is 0.0974. The molecule has 0 fully saturated rings. The molecule has 33 heavy (non-hydrogen) atoms. The number of carbonyl (C=O) groups excluding carboxylic acids is 1. The zero-order chi connectivity index (χ0) is 23.9. The molecule has 0 saturated heterocycles. The lowest BCUT2D eigenvalue weighted by atomic mass is 10.0. The summed E-state index contributed by atoms with van der Waals surface area (Å²) in [5, 5.41) is 0.426. The SMILES string of the molecule is CS(=O)(=O)NC(=O)c1c(-c2ccc[nH]c2=O)c2cc(Cl)cnc2n1Cc1cc(F)ccc1F. The molecule has 0 aliphatic heterocycles. The molecule has 3 heterocycles. The number of nitrogens with zero attached hydrogens (tertiary/aromatic N) is 2. The van der Waals surface area contributed by atoms with Gasteiger partial charge >= 0.3 is 0 Å². The molecule has 1 aromatic carbocycles. The van der Waals surface area contributed by atoms with Gasteiger partial charge in [-0.2, -0.15) is 0 Å². The number of carbonyl (C=O) groups is 1. The number of sulfonamides is 1. The molecule has 12 heteroatoms. The first-order chi connectivity index (χ1) is 15.5. The van der Waals surface area contributed by atoms with Gasteiger partial charge in [0.1, 0.15) is 23.0 Å². The number of halogens is 3. The fourth-order valence-corrected chi connectivity index (χ4v) is 4.12. The monoisotopic (exact) mass is 492 g/mol. The summed E-state index contributed by atoms with van der Waals surface area (Å²) >= 11 is 6.11. The fourth-order valence-electron chi connectivity index (χ4n) is 3.53. The Kier molecular flexibility index (Phi) is 5.76. The molecular weight excluding hydrogens is 478 g/mol. The van der Waals surface area contributed by atoms with E-state index in [4.69, 9.17) is 11.6 Å². The van der Waals surface area contributed by atoms with Crippen molar-refractivity contribution >= 4 is 38.6 Å². The molecule has 3 aromatic heterocycles. The smallest absolute Gasteiger partial charge is 0.282 e. The molecule has 0 radical (unpaired) electrons. The van der Waals surface area contributed by atoms with Gasteiger partial charge in [-0.15, -0.1) is 0 Å². The first-order valence-corrected chi connectivity index (χ1v) is 11.6. The van der Waals surface area contributed by atoms with Gasteiger partial charge in [-0.1, -0.05) is 11.6 Å². The second-order valence-electron chi connectivity index (χ2n) is 7.19. The maximum Gasteiger partial charge on any atom is 0.282 e. The van der Waals surface area contributed by atoms with Gasteiger partial charge in [-0.05, 0) is 36.4 Å². The molecule has 0 bridgehead atoms. The summed E-state index contributed by atoms with van der Waals surface area (Å²) < 4.78 is 55.0. The van der Waals surface area contributed by atoms with E-state index in [2.05, 4.69) is 9.97 Å². The van der Waals surface area contributed by atoms with Crippen molar-refractivity contribution in [3.8, 4) is 11.1 Å². The Morgan fingerprint density at radius 3 is 2.70 bits per heavy atom. The van der Waals surface area contributed by atoms with Crippen LogP contribution in [0.1, 0.15) is 16.1 Å². The van der Waals surface area contributed by atoms with Crippen LogP contribution in [0.4, 0.5) is 8.78 Å². The summed E-state index contributed by atoms with van der Waals surface area (Å²) in [6.45, 7) is -0.383. The summed E-state index contributed by atoms with van der Waals surface area (Å²) in [6.07, 6.45) is 3.45. The predicted octanol–water partition coefficient (Wildman–Crippen LogP) is 3.06. The molecule has 0 atom stereocenters. The van der Waals surface area contributed by atoms with Crippen LogP contribution < -0.4 is 10.3 Å². The molecule has 8 nitrogen and oxygen atoms in total. The van der Waals surface area contributed by atoms with E-state index >= 15 is 0 Å². The minimum atomic E-state index is -4.01. The fraction of sp³-hybridized carbons (Fsp3) is 0.0952. The number of amides is 1. The van der Waals surface area contributed by atoms with E-state index in [9.17, 15) is 26.8 Å². The average molecular weight is 493 g/mol. The number of fused-ring (bicyclic) bond motifs is 1. The van der Waals surface area contributed by atoms with Crippen molar-refractivity contribution in [2.75, 3.05) is 6.26 Å². The van der Waals surface area contributed by atoms with Crippen LogP contribution >= 0.6 is 11.6 Å². The van der Waals surface area contributed by atoms with Crippen LogP contribution in [0.15, 0.2) is 53.6 Å². The standard InChI is InChI=1S/C21H15ClF2N4O4S/c1-33(31,32)27-21(30)18-17(14-3-2-6-25-20(14)29)15-8-12(22)9-26-19(15)28(18)10-11-7-13(23)4-5-16(11)24/h2-9H,10H2,1H3,(H,25,29)(H,27,30). The minimum Gasteiger partial charge on any atom is -0.329 e. The van der Waals surface area contributed by atoms with E-state index in [-0.39, 0.29) is 45.0 Å². The van der Waals surface area contributed by atoms with Crippen LogP contribution in [0.2, 0.25) is 5.02 Å². The van der Waals surface area contributed by atoms with Crippen LogP contribution in [-0.2, 0) is 16.6 Å². The second kappa shape index (κ2) is 8.41. The van der Waals surface area contributed by atoms with Crippen molar-refractivity contribution in [3.63, 3.8) is 0 Å². The van der Waals surface area contributed by atoms with Crippen LogP contribution in [0.5, 0.6) is 0 Å². The number of H-pyrrole nitrogens is 1. The Labute approximate surface area is 190 Å². The lowest BCUT2D eigenvalue weighted by Crippen LogP contribution is -2.32. The quantitative estimate of drug-likeness (QED) is 0.444. The highest BCUT2D eigenvalue weighted by Crippen LogP contribution is 2.35. The van der Waals surface area contributed by atoms with Crippen LogP contribution in [0.3, 0.4) is 0 Å². The topological polar surface area (TPSA) is 114 Å². The van der Waals surface area contributed by atoms with Crippen LogP contribution in [0.25, 0.3) is 22.2 Å².